The van der Waals surface area contributed by atoms with E-state index in [0.717, 1.165) is 18.4 Å². The molecule has 0 bridgehead atoms. The quantitative estimate of drug-likeness (QED) is 0.869. The Hall–Kier alpha value is -0.540. The third-order valence-electron chi connectivity index (χ3n) is 5.14. The number of piperidine rings is 1. The second-order valence-electron chi connectivity index (χ2n) is 6.90. The van der Waals surface area contributed by atoms with Gasteiger partial charge in [-0.2, -0.15) is 0 Å². The highest BCUT2D eigenvalue weighted by Crippen LogP contribution is 2.39. The zero-order chi connectivity index (χ0) is 14.8. The molecule has 1 aliphatic carbocycles. The Morgan fingerprint density at radius 1 is 1.24 bits per heavy atom. The highest BCUT2D eigenvalue weighted by molar-refractivity contribution is 9.10. The summed E-state index contributed by atoms with van der Waals surface area (Å²) in [5.41, 5.74) is 8.92. The van der Waals surface area contributed by atoms with E-state index in [4.69, 9.17) is 5.73 Å². The Morgan fingerprint density at radius 2 is 2.00 bits per heavy atom. The SMILES string of the molecule is CC(N)Cc1cc(Br)ccc1N1CCCC2CCCCC21. The van der Waals surface area contributed by atoms with Crippen molar-refractivity contribution in [2.45, 2.75) is 64.0 Å². The van der Waals surface area contributed by atoms with Crippen molar-refractivity contribution >= 4 is 21.6 Å². The number of nitrogens with zero attached hydrogens (tertiary/aromatic N) is 1. The van der Waals surface area contributed by atoms with Gasteiger partial charge in [0.15, 0.2) is 0 Å². The van der Waals surface area contributed by atoms with Crippen molar-refractivity contribution in [1.29, 1.82) is 0 Å². The molecule has 3 atom stereocenters. The Kier molecular flexibility index (Phi) is 4.90. The van der Waals surface area contributed by atoms with Crippen LogP contribution in [0.15, 0.2) is 22.7 Å². The minimum absolute atomic E-state index is 0.213. The topological polar surface area (TPSA) is 29.3 Å². The lowest BCUT2D eigenvalue weighted by molar-refractivity contribution is 0.243. The fraction of sp³-hybridized carbons (Fsp3) is 0.667. The van der Waals surface area contributed by atoms with Gasteiger partial charge in [0.1, 0.15) is 0 Å². The molecule has 0 aromatic heterocycles. The van der Waals surface area contributed by atoms with Crippen LogP contribution in [0.25, 0.3) is 0 Å². The average molecular weight is 351 g/mol. The summed E-state index contributed by atoms with van der Waals surface area (Å²) in [6, 6.07) is 7.74. The average Bonchev–Trinajstić information content (AvgIpc) is 2.46. The highest BCUT2D eigenvalue weighted by atomic mass is 79.9. The molecule has 2 N–H and O–H groups in total. The summed E-state index contributed by atoms with van der Waals surface area (Å²) in [5, 5.41) is 0. The summed E-state index contributed by atoms with van der Waals surface area (Å²) in [7, 11) is 0. The number of fused-ring (bicyclic) bond motifs is 1. The van der Waals surface area contributed by atoms with E-state index in [1.165, 1.54) is 60.8 Å². The van der Waals surface area contributed by atoms with Crippen molar-refractivity contribution in [3.05, 3.63) is 28.2 Å². The smallest absolute Gasteiger partial charge is 0.0402 e. The van der Waals surface area contributed by atoms with E-state index in [1.54, 1.807) is 0 Å². The molecule has 0 radical (unpaired) electrons. The van der Waals surface area contributed by atoms with Gasteiger partial charge in [0.25, 0.3) is 0 Å². The number of benzene rings is 1. The van der Waals surface area contributed by atoms with Crippen LogP contribution < -0.4 is 10.6 Å². The first kappa shape index (κ1) is 15.4. The summed E-state index contributed by atoms with van der Waals surface area (Å²) < 4.78 is 1.17. The minimum Gasteiger partial charge on any atom is -0.368 e. The molecule has 1 saturated carbocycles. The number of nitrogens with two attached hydrogens (primary N) is 1. The van der Waals surface area contributed by atoms with E-state index >= 15 is 0 Å². The summed E-state index contributed by atoms with van der Waals surface area (Å²) in [6.07, 6.45) is 9.37. The molecule has 3 heteroatoms. The second kappa shape index (κ2) is 6.70. The van der Waals surface area contributed by atoms with Crippen LogP contribution in [0.4, 0.5) is 5.69 Å². The Labute approximate surface area is 137 Å². The summed E-state index contributed by atoms with van der Waals surface area (Å²) in [6.45, 7) is 3.32. The Balaban J connectivity index is 1.90. The zero-order valence-corrected chi connectivity index (χ0v) is 14.6. The largest absolute Gasteiger partial charge is 0.368 e. The Bertz CT molecular complexity index is 484. The first-order chi connectivity index (χ1) is 10.1. The van der Waals surface area contributed by atoms with Crippen molar-refractivity contribution in [1.82, 2.24) is 0 Å². The number of hydrogen-bond acceptors (Lipinski definition) is 2. The molecule has 1 aromatic rings. The first-order valence-corrected chi connectivity index (χ1v) is 9.25. The van der Waals surface area contributed by atoms with Gasteiger partial charge in [0, 0.05) is 28.8 Å². The van der Waals surface area contributed by atoms with Gasteiger partial charge in [0.05, 0.1) is 0 Å². The van der Waals surface area contributed by atoms with E-state index in [2.05, 4.69) is 46.0 Å². The fourth-order valence-corrected chi connectivity index (χ4v) is 4.68. The van der Waals surface area contributed by atoms with Crippen LogP contribution in [0.3, 0.4) is 0 Å². The molecule has 1 saturated heterocycles. The lowest BCUT2D eigenvalue weighted by Gasteiger charge is -2.46. The molecule has 2 aliphatic rings. The van der Waals surface area contributed by atoms with Crippen LogP contribution >= 0.6 is 15.9 Å². The predicted molar refractivity (Wildman–Crippen MR) is 93.8 cm³/mol. The van der Waals surface area contributed by atoms with Crippen LogP contribution in [0, 0.1) is 5.92 Å². The molecule has 2 fully saturated rings. The molecule has 0 spiro atoms. The van der Waals surface area contributed by atoms with E-state index in [-0.39, 0.29) is 6.04 Å². The van der Waals surface area contributed by atoms with Gasteiger partial charge in [-0.15, -0.1) is 0 Å². The standard InChI is InChI=1S/C18H27BrN2/c1-13(20)11-15-12-16(19)8-9-18(15)21-10-4-6-14-5-2-3-7-17(14)21/h8-9,12-14,17H,2-7,10-11,20H2,1H3. The molecule has 116 valence electrons. The van der Waals surface area contributed by atoms with Crippen LogP contribution in [0.1, 0.15) is 51.0 Å². The molecule has 21 heavy (non-hydrogen) atoms. The number of anilines is 1. The van der Waals surface area contributed by atoms with Crippen molar-refractivity contribution in [2.24, 2.45) is 11.7 Å². The molecule has 1 heterocycles. The molecule has 1 aromatic carbocycles. The number of halogens is 1. The predicted octanol–water partition coefficient (Wildman–Crippen LogP) is 4.50. The monoisotopic (exact) mass is 350 g/mol. The maximum absolute atomic E-state index is 6.07. The van der Waals surface area contributed by atoms with Gasteiger partial charge in [-0.05, 0) is 68.7 Å². The number of hydrogen-bond donors (Lipinski definition) is 1. The molecule has 1 aliphatic heterocycles. The maximum Gasteiger partial charge on any atom is 0.0402 e. The summed E-state index contributed by atoms with van der Waals surface area (Å²) in [5.74, 6) is 0.916. The Morgan fingerprint density at radius 3 is 2.81 bits per heavy atom. The van der Waals surface area contributed by atoms with Crippen LogP contribution in [0.5, 0.6) is 0 Å². The van der Waals surface area contributed by atoms with E-state index in [1.807, 2.05) is 0 Å². The lowest BCUT2D eigenvalue weighted by Crippen LogP contribution is -2.47. The maximum atomic E-state index is 6.07. The molecule has 3 unspecified atom stereocenters. The van der Waals surface area contributed by atoms with Gasteiger partial charge in [0.2, 0.25) is 0 Å². The highest BCUT2D eigenvalue weighted by Gasteiger charge is 2.34. The lowest BCUT2D eigenvalue weighted by atomic mass is 9.78. The van der Waals surface area contributed by atoms with Crippen molar-refractivity contribution in [3.63, 3.8) is 0 Å². The van der Waals surface area contributed by atoms with E-state index < -0.39 is 0 Å². The van der Waals surface area contributed by atoms with Gasteiger partial charge >= 0.3 is 0 Å². The molecule has 3 rings (SSSR count). The third kappa shape index (κ3) is 3.45. The van der Waals surface area contributed by atoms with E-state index in [9.17, 15) is 0 Å². The fourth-order valence-electron chi connectivity index (χ4n) is 4.27. The van der Waals surface area contributed by atoms with Crippen molar-refractivity contribution < 1.29 is 0 Å². The molecule has 0 amide bonds. The third-order valence-corrected chi connectivity index (χ3v) is 5.63. The van der Waals surface area contributed by atoms with E-state index in [0.29, 0.717) is 0 Å². The minimum atomic E-state index is 0.213. The van der Waals surface area contributed by atoms with Gasteiger partial charge in [-0.1, -0.05) is 28.8 Å². The molecular weight excluding hydrogens is 324 g/mol. The number of rotatable bonds is 3. The molecular formula is C18H27BrN2. The van der Waals surface area contributed by atoms with Gasteiger partial charge < -0.3 is 10.6 Å². The van der Waals surface area contributed by atoms with Crippen LogP contribution in [0.2, 0.25) is 0 Å². The summed E-state index contributed by atoms with van der Waals surface area (Å²) >= 11 is 3.62. The second-order valence-corrected chi connectivity index (χ2v) is 7.82. The van der Waals surface area contributed by atoms with Gasteiger partial charge in [-0.25, -0.2) is 0 Å². The van der Waals surface area contributed by atoms with Crippen LogP contribution in [-0.2, 0) is 6.42 Å². The zero-order valence-electron chi connectivity index (χ0n) is 13.0. The first-order valence-electron chi connectivity index (χ1n) is 8.46. The van der Waals surface area contributed by atoms with Crippen LogP contribution in [-0.4, -0.2) is 18.6 Å². The van der Waals surface area contributed by atoms with Crippen molar-refractivity contribution in [3.8, 4) is 0 Å². The van der Waals surface area contributed by atoms with Gasteiger partial charge in [-0.3, -0.25) is 0 Å². The molecule has 2 nitrogen and oxygen atoms in total. The normalized spacial score (nSPS) is 27.3. The summed E-state index contributed by atoms with van der Waals surface area (Å²) in [4.78, 5) is 2.71. The van der Waals surface area contributed by atoms with Crippen molar-refractivity contribution in [2.75, 3.05) is 11.4 Å².